The molecule has 1 aliphatic rings. The molecule has 1 aliphatic heterocycles. The summed E-state index contributed by atoms with van der Waals surface area (Å²) in [4.78, 5) is 0. The fraction of sp³-hybridized carbons (Fsp3) is 1.00. The fourth-order valence-electron chi connectivity index (χ4n) is 1.48. The van der Waals surface area contributed by atoms with Gasteiger partial charge in [-0.05, 0) is 25.2 Å². The van der Waals surface area contributed by atoms with Gasteiger partial charge in [0.15, 0.2) is 0 Å². The van der Waals surface area contributed by atoms with Crippen LogP contribution >= 0.6 is 0 Å². The zero-order chi connectivity index (χ0) is 7.23. The average Bonchev–Trinajstić information content (AvgIpc) is 2.02. The van der Waals surface area contributed by atoms with Crippen LogP contribution in [-0.4, -0.2) is 13.2 Å². The molecule has 0 spiro atoms. The molecule has 1 nitrogen and oxygen atoms in total. The molecule has 0 radical (unpaired) electrons. The Bertz CT molecular complexity index is 70.8. The van der Waals surface area contributed by atoms with Gasteiger partial charge >= 0.3 is 0 Å². The molecule has 0 aliphatic carbocycles. The topological polar surface area (TPSA) is 9.23 Å². The maximum atomic E-state index is 5.40. The van der Waals surface area contributed by atoms with E-state index in [0.717, 1.165) is 19.1 Å². The molecular formula is C9H18O. The summed E-state index contributed by atoms with van der Waals surface area (Å²) in [5, 5.41) is 0. The van der Waals surface area contributed by atoms with Gasteiger partial charge in [0.1, 0.15) is 0 Å². The van der Waals surface area contributed by atoms with E-state index in [4.69, 9.17) is 4.74 Å². The summed E-state index contributed by atoms with van der Waals surface area (Å²) in [5.41, 5.74) is 0. The van der Waals surface area contributed by atoms with Gasteiger partial charge in [0.05, 0.1) is 0 Å². The smallest absolute Gasteiger partial charge is 0.0466 e. The third-order valence-electron chi connectivity index (χ3n) is 2.22. The second-order valence-corrected chi connectivity index (χ2v) is 3.36. The lowest BCUT2D eigenvalue weighted by Gasteiger charge is -2.06. The van der Waals surface area contributed by atoms with Crippen LogP contribution in [0.25, 0.3) is 0 Å². The first-order valence-corrected chi connectivity index (χ1v) is 4.47. The van der Waals surface area contributed by atoms with E-state index in [1.165, 1.54) is 32.1 Å². The Balaban J connectivity index is 2.15. The van der Waals surface area contributed by atoms with Crippen LogP contribution in [0.3, 0.4) is 0 Å². The maximum absolute atomic E-state index is 5.40. The monoisotopic (exact) mass is 142 g/mol. The summed E-state index contributed by atoms with van der Waals surface area (Å²) in [6.07, 6.45) is 6.66. The molecule has 60 valence electrons. The third-order valence-corrected chi connectivity index (χ3v) is 2.22. The van der Waals surface area contributed by atoms with E-state index in [2.05, 4.69) is 6.92 Å². The highest BCUT2D eigenvalue weighted by atomic mass is 16.5. The standard InChI is InChI=1S/C9H18O/c1-9-5-2-3-7-10-8-4-6-9/h9H,2-8H2,1H3. The lowest BCUT2D eigenvalue weighted by Crippen LogP contribution is -1.95. The minimum absolute atomic E-state index is 0.932. The number of hydrogen-bond acceptors (Lipinski definition) is 1. The van der Waals surface area contributed by atoms with Crippen molar-refractivity contribution < 1.29 is 4.74 Å². The van der Waals surface area contributed by atoms with Crippen molar-refractivity contribution in [3.63, 3.8) is 0 Å². The Hall–Kier alpha value is -0.0400. The SMILES string of the molecule is CC1CCCCOCCC1. The first-order valence-electron chi connectivity index (χ1n) is 4.47. The van der Waals surface area contributed by atoms with Crippen LogP contribution in [0.15, 0.2) is 0 Å². The van der Waals surface area contributed by atoms with Crippen molar-refractivity contribution in [2.45, 2.75) is 39.0 Å². The highest BCUT2D eigenvalue weighted by Crippen LogP contribution is 2.15. The first-order chi connectivity index (χ1) is 4.89. The lowest BCUT2D eigenvalue weighted by molar-refractivity contribution is 0.130. The van der Waals surface area contributed by atoms with E-state index < -0.39 is 0 Å². The van der Waals surface area contributed by atoms with Gasteiger partial charge in [-0.3, -0.25) is 0 Å². The molecule has 1 rings (SSSR count). The van der Waals surface area contributed by atoms with Crippen molar-refractivity contribution in [1.82, 2.24) is 0 Å². The molecule has 1 atom stereocenters. The Morgan fingerprint density at radius 3 is 2.60 bits per heavy atom. The Morgan fingerprint density at radius 2 is 1.70 bits per heavy atom. The summed E-state index contributed by atoms with van der Waals surface area (Å²) in [7, 11) is 0. The quantitative estimate of drug-likeness (QED) is 0.505. The highest BCUT2D eigenvalue weighted by molar-refractivity contribution is 4.55. The minimum Gasteiger partial charge on any atom is -0.381 e. The van der Waals surface area contributed by atoms with Crippen LogP contribution < -0.4 is 0 Å². The third kappa shape index (κ3) is 3.21. The van der Waals surface area contributed by atoms with Crippen LogP contribution in [0.2, 0.25) is 0 Å². The predicted molar refractivity (Wildman–Crippen MR) is 43.1 cm³/mol. The van der Waals surface area contributed by atoms with Gasteiger partial charge in [0, 0.05) is 13.2 Å². The molecule has 10 heavy (non-hydrogen) atoms. The molecule has 1 heteroatoms. The average molecular weight is 142 g/mol. The van der Waals surface area contributed by atoms with Crippen molar-refractivity contribution >= 4 is 0 Å². The van der Waals surface area contributed by atoms with Crippen molar-refractivity contribution in [2.24, 2.45) is 5.92 Å². The van der Waals surface area contributed by atoms with Crippen LogP contribution in [0.4, 0.5) is 0 Å². The fourth-order valence-corrected chi connectivity index (χ4v) is 1.48. The van der Waals surface area contributed by atoms with Crippen LogP contribution in [0, 0.1) is 5.92 Å². The van der Waals surface area contributed by atoms with Crippen molar-refractivity contribution in [1.29, 1.82) is 0 Å². The second kappa shape index (κ2) is 4.73. The second-order valence-electron chi connectivity index (χ2n) is 3.36. The molecule has 1 unspecified atom stereocenters. The predicted octanol–water partition coefficient (Wildman–Crippen LogP) is 2.60. The molecule has 1 fully saturated rings. The Labute approximate surface area is 63.8 Å². The van der Waals surface area contributed by atoms with Gasteiger partial charge in [0.25, 0.3) is 0 Å². The van der Waals surface area contributed by atoms with Crippen LogP contribution in [-0.2, 0) is 4.74 Å². The van der Waals surface area contributed by atoms with Crippen molar-refractivity contribution in [3.8, 4) is 0 Å². The maximum Gasteiger partial charge on any atom is 0.0466 e. The van der Waals surface area contributed by atoms with E-state index in [0.29, 0.717) is 0 Å². The summed E-state index contributed by atoms with van der Waals surface area (Å²) < 4.78 is 5.40. The summed E-state index contributed by atoms with van der Waals surface area (Å²) in [6.45, 7) is 4.34. The first kappa shape index (κ1) is 8.06. The molecular weight excluding hydrogens is 124 g/mol. The molecule has 0 aromatic carbocycles. The van der Waals surface area contributed by atoms with Gasteiger partial charge in [-0.1, -0.05) is 19.8 Å². The van der Waals surface area contributed by atoms with Crippen molar-refractivity contribution in [3.05, 3.63) is 0 Å². The normalized spacial score (nSPS) is 30.3. The van der Waals surface area contributed by atoms with Gasteiger partial charge < -0.3 is 4.74 Å². The molecule has 0 N–H and O–H groups in total. The van der Waals surface area contributed by atoms with Gasteiger partial charge in [-0.25, -0.2) is 0 Å². The van der Waals surface area contributed by atoms with Crippen molar-refractivity contribution in [2.75, 3.05) is 13.2 Å². The largest absolute Gasteiger partial charge is 0.381 e. The van der Waals surface area contributed by atoms with Gasteiger partial charge in [0.2, 0.25) is 0 Å². The number of rotatable bonds is 0. The Morgan fingerprint density at radius 1 is 1.00 bits per heavy atom. The van der Waals surface area contributed by atoms with E-state index in [9.17, 15) is 0 Å². The lowest BCUT2D eigenvalue weighted by atomic mass is 10.00. The molecule has 0 amide bonds. The van der Waals surface area contributed by atoms with Gasteiger partial charge in [-0.2, -0.15) is 0 Å². The molecule has 1 saturated heterocycles. The van der Waals surface area contributed by atoms with Crippen LogP contribution in [0.5, 0.6) is 0 Å². The molecule has 0 saturated carbocycles. The zero-order valence-electron chi connectivity index (χ0n) is 6.94. The zero-order valence-corrected chi connectivity index (χ0v) is 6.94. The molecule has 0 bridgehead atoms. The number of hydrogen-bond donors (Lipinski definition) is 0. The van der Waals surface area contributed by atoms with E-state index in [-0.39, 0.29) is 0 Å². The highest BCUT2D eigenvalue weighted by Gasteiger charge is 2.03. The minimum atomic E-state index is 0.932. The molecule has 1 heterocycles. The summed E-state index contributed by atoms with van der Waals surface area (Å²) in [6, 6.07) is 0. The van der Waals surface area contributed by atoms with E-state index >= 15 is 0 Å². The molecule has 0 aromatic rings. The Kier molecular flexibility index (Phi) is 3.81. The van der Waals surface area contributed by atoms with E-state index in [1.54, 1.807) is 0 Å². The van der Waals surface area contributed by atoms with Gasteiger partial charge in [-0.15, -0.1) is 0 Å². The van der Waals surface area contributed by atoms with Crippen LogP contribution in [0.1, 0.15) is 39.0 Å². The summed E-state index contributed by atoms with van der Waals surface area (Å²) >= 11 is 0. The molecule has 0 aromatic heterocycles. The summed E-state index contributed by atoms with van der Waals surface area (Å²) in [5.74, 6) is 0.932. The number of ether oxygens (including phenoxy) is 1. The van der Waals surface area contributed by atoms with E-state index in [1.807, 2.05) is 0 Å².